The molecular weight excluding hydrogens is 539 g/mol. The molecule has 3 aliphatic heterocycles. The molecule has 0 bridgehead atoms. The maximum Gasteiger partial charge on any atom is 0.243 e. The third-order valence-corrected chi connectivity index (χ3v) is 9.41. The number of hydrogen-bond acceptors (Lipinski definition) is 7. The van der Waals surface area contributed by atoms with Crippen molar-refractivity contribution in [3.63, 3.8) is 0 Å². The molecule has 1 spiro atoms. The molecular formula is C26H20Cl2N2O6S. The van der Waals surface area contributed by atoms with Crippen molar-refractivity contribution in [1.82, 2.24) is 9.29 Å². The molecule has 190 valence electrons. The highest BCUT2D eigenvalue weighted by Gasteiger charge is 2.53. The molecule has 2 aromatic carbocycles. The summed E-state index contributed by atoms with van der Waals surface area (Å²) in [6.45, 7) is 0.314. The van der Waals surface area contributed by atoms with Crippen molar-refractivity contribution >= 4 is 50.3 Å². The molecule has 4 heterocycles. The minimum atomic E-state index is -3.84. The minimum absolute atomic E-state index is 0.0462. The predicted molar refractivity (Wildman–Crippen MR) is 137 cm³/mol. The summed E-state index contributed by atoms with van der Waals surface area (Å²) in [6, 6.07) is 14.9. The van der Waals surface area contributed by atoms with Crippen LogP contribution in [0.2, 0.25) is 10.0 Å². The largest absolute Gasteiger partial charge is 0.478 e. The van der Waals surface area contributed by atoms with Crippen LogP contribution < -0.4 is 9.47 Å². The maximum atomic E-state index is 13.9. The number of rotatable bonds is 4. The molecule has 8 nitrogen and oxygen atoms in total. The summed E-state index contributed by atoms with van der Waals surface area (Å²) < 4.78 is 45.3. The lowest BCUT2D eigenvalue weighted by Gasteiger charge is -2.37. The van der Waals surface area contributed by atoms with E-state index >= 15 is 0 Å². The van der Waals surface area contributed by atoms with E-state index in [4.69, 9.17) is 37.4 Å². The normalized spacial score (nSPS) is 18.9. The van der Waals surface area contributed by atoms with Gasteiger partial charge in [-0.3, -0.25) is 9.78 Å². The van der Waals surface area contributed by atoms with E-state index in [1.807, 2.05) is 6.07 Å². The molecule has 1 fully saturated rings. The Kier molecular flexibility index (Phi) is 5.91. The number of nitrogens with zero attached hydrogens (tertiary/aromatic N) is 2. The zero-order valence-corrected chi connectivity index (χ0v) is 21.6. The molecule has 6 rings (SSSR count). The van der Waals surface area contributed by atoms with Gasteiger partial charge in [-0.15, -0.1) is 0 Å². The monoisotopic (exact) mass is 558 g/mol. The number of fused-ring (bicyclic) bond motifs is 1. The number of benzene rings is 2. The van der Waals surface area contributed by atoms with Crippen LogP contribution in [-0.4, -0.2) is 49.0 Å². The zero-order valence-electron chi connectivity index (χ0n) is 19.3. The summed E-state index contributed by atoms with van der Waals surface area (Å²) in [6.07, 6.45) is 1.97. The summed E-state index contributed by atoms with van der Waals surface area (Å²) in [5, 5.41) is 0.426. The van der Waals surface area contributed by atoms with Crippen LogP contribution >= 0.6 is 23.2 Å². The molecule has 0 aliphatic carbocycles. The maximum absolute atomic E-state index is 13.9. The Morgan fingerprint density at radius 1 is 0.919 bits per heavy atom. The highest BCUT2D eigenvalue weighted by molar-refractivity contribution is 7.89. The van der Waals surface area contributed by atoms with Crippen LogP contribution in [0.25, 0.3) is 11.3 Å². The van der Waals surface area contributed by atoms with Gasteiger partial charge in [0.25, 0.3) is 0 Å². The van der Waals surface area contributed by atoms with Crippen molar-refractivity contribution in [2.45, 2.75) is 23.3 Å². The summed E-state index contributed by atoms with van der Waals surface area (Å²) in [4.78, 5) is 18.4. The number of carbonyl (C=O) groups is 1. The van der Waals surface area contributed by atoms with Gasteiger partial charge in [-0.25, -0.2) is 8.42 Å². The first-order valence-electron chi connectivity index (χ1n) is 11.5. The highest BCUT2D eigenvalue weighted by atomic mass is 35.5. The van der Waals surface area contributed by atoms with E-state index in [-0.39, 0.29) is 53.4 Å². The van der Waals surface area contributed by atoms with E-state index in [0.29, 0.717) is 34.1 Å². The standard InChI is InChI=1S/C26H20Cl2N2O6S/c27-18-6-5-17(14-19(18)28)37(32,33)30-11-8-26(9-12-30)25(31)23(20-3-1-2-10-29-20)24(36-26)16-4-7-21-22(13-16)35-15-34-21/h1-7,10,13-14H,8-9,11-12,15H2. The fraction of sp³-hybridized carbons (Fsp3) is 0.231. The second kappa shape index (κ2) is 9.02. The summed E-state index contributed by atoms with van der Waals surface area (Å²) in [5.41, 5.74) is 0.298. The number of ketones is 1. The van der Waals surface area contributed by atoms with Crippen molar-refractivity contribution in [2.75, 3.05) is 19.9 Å². The van der Waals surface area contributed by atoms with Gasteiger partial charge in [0.15, 0.2) is 17.1 Å². The Labute approximate surface area is 223 Å². The van der Waals surface area contributed by atoms with Gasteiger partial charge >= 0.3 is 0 Å². The lowest BCUT2D eigenvalue weighted by Crippen LogP contribution is -2.50. The van der Waals surface area contributed by atoms with E-state index < -0.39 is 15.6 Å². The minimum Gasteiger partial charge on any atom is -0.478 e. The van der Waals surface area contributed by atoms with Crippen LogP contribution in [0.3, 0.4) is 0 Å². The number of halogens is 2. The molecule has 37 heavy (non-hydrogen) atoms. The SMILES string of the molecule is O=C1C(c2ccccn2)=C(c2ccc3c(c2)OCO3)OC12CCN(S(=O)(=O)c1ccc(Cl)c(Cl)c1)CC2. The van der Waals surface area contributed by atoms with Crippen molar-refractivity contribution in [3.05, 3.63) is 82.1 Å². The second-order valence-corrected chi connectivity index (χ2v) is 11.6. The number of Topliss-reactive ketones (excluding diaryl/α,β-unsaturated/α-hetero) is 1. The third kappa shape index (κ3) is 4.06. The predicted octanol–water partition coefficient (Wildman–Crippen LogP) is 4.81. The van der Waals surface area contributed by atoms with E-state index in [1.165, 1.54) is 22.5 Å². The van der Waals surface area contributed by atoms with Gasteiger partial charge in [-0.05, 0) is 48.5 Å². The Balaban J connectivity index is 1.32. The second-order valence-electron chi connectivity index (χ2n) is 8.89. The molecule has 3 aromatic rings. The fourth-order valence-electron chi connectivity index (χ4n) is 4.81. The average Bonchev–Trinajstić information content (AvgIpc) is 3.49. The zero-order chi connectivity index (χ0) is 25.8. The number of piperidine rings is 1. The van der Waals surface area contributed by atoms with Gasteiger partial charge in [-0.2, -0.15) is 4.31 Å². The number of pyridine rings is 1. The molecule has 0 unspecified atom stereocenters. The van der Waals surface area contributed by atoms with Gasteiger partial charge in [0.2, 0.25) is 22.6 Å². The van der Waals surface area contributed by atoms with Gasteiger partial charge in [0.1, 0.15) is 5.76 Å². The van der Waals surface area contributed by atoms with E-state index in [2.05, 4.69) is 4.98 Å². The van der Waals surface area contributed by atoms with Gasteiger partial charge in [-0.1, -0.05) is 29.3 Å². The van der Waals surface area contributed by atoms with Gasteiger partial charge in [0, 0.05) is 37.7 Å². The third-order valence-electron chi connectivity index (χ3n) is 6.78. The number of carbonyl (C=O) groups excluding carboxylic acids is 1. The smallest absolute Gasteiger partial charge is 0.243 e. The van der Waals surface area contributed by atoms with Gasteiger partial charge < -0.3 is 14.2 Å². The number of sulfonamides is 1. The first-order valence-corrected chi connectivity index (χ1v) is 13.7. The lowest BCUT2D eigenvalue weighted by atomic mass is 9.85. The molecule has 0 radical (unpaired) electrons. The van der Waals surface area contributed by atoms with Crippen molar-refractivity contribution < 1.29 is 27.4 Å². The molecule has 0 saturated carbocycles. The molecule has 0 atom stereocenters. The first-order chi connectivity index (χ1) is 17.8. The number of aromatic nitrogens is 1. The molecule has 0 N–H and O–H groups in total. The van der Waals surface area contributed by atoms with E-state index in [9.17, 15) is 13.2 Å². The Morgan fingerprint density at radius 2 is 1.70 bits per heavy atom. The van der Waals surface area contributed by atoms with Crippen molar-refractivity contribution in [3.8, 4) is 11.5 Å². The number of hydrogen-bond donors (Lipinski definition) is 0. The summed E-state index contributed by atoms with van der Waals surface area (Å²) in [5.74, 6) is 1.35. The van der Waals surface area contributed by atoms with Crippen LogP contribution in [0, 0.1) is 0 Å². The summed E-state index contributed by atoms with van der Waals surface area (Å²) in [7, 11) is -3.84. The van der Waals surface area contributed by atoms with Gasteiger partial charge in [0.05, 0.1) is 26.2 Å². The van der Waals surface area contributed by atoms with Crippen LogP contribution in [0.5, 0.6) is 11.5 Å². The Bertz CT molecular complexity index is 1550. The van der Waals surface area contributed by atoms with Crippen molar-refractivity contribution in [1.29, 1.82) is 0 Å². The molecule has 0 amide bonds. The fourth-order valence-corrected chi connectivity index (χ4v) is 6.64. The Morgan fingerprint density at radius 3 is 2.43 bits per heavy atom. The molecule has 1 aromatic heterocycles. The van der Waals surface area contributed by atoms with Crippen LogP contribution in [0.15, 0.2) is 65.7 Å². The van der Waals surface area contributed by atoms with E-state index in [0.717, 1.165) is 0 Å². The van der Waals surface area contributed by atoms with Crippen LogP contribution in [0.1, 0.15) is 24.1 Å². The van der Waals surface area contributed by atoms with Crippen molar-refractivity contribution in [2.24, 2.45) is 0 Å². The lowest BCUT2D eigenvalue weighted by molar-refractivity contribution is -0.131. The summed E-state index contributed by atoms with van der Waals surface area (Å²) >= 11 is 12.0. The van der Waals surface area contributed by atoms with Crippen LogP contribution in [-0.2, 0) is 19.6 Å². The topological polar surface area (TPSA) is 95.0 Å². The molecule has 11 heteroatoms. The average molecular weight is 559 g/mol. The van der Waals surface area contributed by atoms with Crippen LogP contribution in [0.4, 0.5) is 0 Å². The highest BCUT2D eigenvalue weighted by Crippen LogP contribution is 2.47. The quantitative estimate of drug-likeness (QED) is 0.453. The molecule has 3 aliphatic rings. The number of ether oxygens (including phenoxy) is 3. The Hall–Kier alpha value is -3.11. The first kappa shape index (κ1) is 24.2. The molecule has 1 saturated heterocycles. The van der Waals surface area contributed by atoms with E-state index in [1.54, 1.807) is 36.5 Å².